The fourth-order valence-electron chi connectivity index (χ4n) is 3.10. The summed E-state index contributed by atoms with van der Waals surface area (Å²) in [6.45, 7) is 6.44. The van der Waals surface area contributed by atoms with Crippen LogP contribution in [0.5, 0.6) is 0 Å². The molecule has 6 heteroatoms. The summed E-state index contributed by atoms with van der Waals surface area (Å²) < 4.78 is 5.43. The van der Waals surface area contributed by atoms with Gasteiger partial charge in [-0.05, 0) is 48.5 Å². The zero-order valence-electron chi connectivity index (χ0n) is 15.4. The number of nitrogens with zero attached hydrogens (tertiary/aromatic N) is 2. The molecule has 0 atom stereocenters. The van der Waals surface area contributed by atoms with E-state index in [2.05, 4.69) is 27.2 Å². The molecule has 0 radical (unpaired) electrons. The van der Waals surface area contributed by atoms with Crippen LogP contribution in [0, 0.1) is 0 Å². The van der Waals surface area contributed by atoms with Gasteiger partial charge in [-0.3, -0.25) is 4.90 Å². The summed E-state index contributed by atoms with van der Waals surface area (Å²) in [7, 11) is 0. The molecule has 0 spiro atoms. The van der Waals surface area contributed by atoms with E-state index in [1.165, 1.54) is 5.56 Å². The van der Waals surface area contributed by atoms with Crippen LogP contribution in [0.3, 0.4) is 0 Å². The lowest BCUT2D eigenvalue weighted by Gasteiger charge is -2.29. The summed E-state index contributed by atoms with van der Waals surface area (Å²) in [6, 6.07) is 18.0. The number of thiocarbonyl (C=S) groups is 1. The molecule has 1 heterocycles. The number of ether oxygens (including phenoxy) is 1. The van der Waals surface area contributed by atoms with Gasteiger partial charge in [0.15, 0.2) is 5.11 Å². The Balaban J connectivity index is 1.59. The van der Waals surface area contributed by atoms with Crippen LogP contribution in [0.4, 0.5) is 5.69 Å². The maximum Gasteiger partial charge on any atom is 0.173 e. The van der Waals surface area contributed by atoms with Crippen LogP contribution in [0.25, 0.3) is 0 Å². The molecule has 1 saturated heterocycles. The third-order valence-corrected chi connectivity index (χ3v) is 5.22. The summed E-state index contributed by atoms with van der Waals surface area (Å²) in [5, 5.41) is 4.86. The van der Waals surface area contributed by atoms with Crippen LogP contribution >= 0.6 is 23.8 Å². The smallest absolute Gasteiger partial charge is 0.173 e. The second-order valence-corrected chi connectivity index (χ2v) is 7.47. The molecule has 27 heavy (non-hydrogen) atoms. The molecular formula is C21H26ClN3OS. The fourth-order valence-corrected chi connectivity index (χ4v) is 3.50. The molecule has 0 unspecified atom stereocenters. The number of hydrogen-bond donors (Lipinski definition) is 1. The number of benzene rings is 2. The largest absolute Gasteiger partial charge is 0.379 e. The molecule has 1 aliphatic heterocycles. The molecule has 4 nitrogen and oxygen atoms in total. The summed E-state index contributed by atoms with van der Waals surface area (Å²) in [5.41, 5.74) is 2.21. The third-order valence-electron chi connectivity index (χ3n) is 4.61. The Hall–Kier alpha value is -1.66. The highest BCUT2D eigenvalue weighted by Crippen LogP contribution is 2.14. The van der Waals surface area contributed by atoms with E-state index < -0.39 is 0 Å². The van der Waals surface area contributed by atoms with E-state index in [0.29, 0.717) is 0 Å². The van der Waals surface area contributed by atoms with Gasteiger partial charge in [0.25, 0.3) is 0 Å². The lowest BCUT2D eigenvalue weighted by Crippen LogP contribution is -2.40. The third kappa shape index (κ3) is 6.78. The minimum atomic E-state index is 0.748. The van der Waals surface area contributed by atoms with Gasteiger partial charge in [-0.2, -0.15) is 0 Å². The number of anilines is 1. The van der Waals surface area contributed by atoms with Crippen molar-refractivity contribution in [3.63, 3.8) is 0 Å². The molecule has 0 saturated carbocycles. The number of halogens is 1. The van der Waals surface area contributed by atoms with Crippen molar-refractivity contribution in [1.82, 2.24) is 9.80 Å². The molecule has 144 valence electrons. The van der Waals surface area contributed by atoms with Gasteiger partial charge in [0.1, 0.15) is 0 Å². The molecule has 1 fully saturated rings. The fraction of sp³-hybridized carbons (Fsp3) is 0.381. The standard InChI is InChI=1S/C21H26ClN3OS/c22-19-9-7-18(8-10-19)17-25(12-4-11-24-13-15-26-16-14-24)21(27)23-20-5-2-1-3-6-20/h1-3,5-10H,4,11-17H2,(H,23,27). The number of morpholine rings is 1. The van der Waals surface area contributed by atoms with Crippen LogP contribution in [-0.2, 0) is 11.3 Å². The first-order chi connectivity index (χ1) is 13.2. The average molecular weight is 404 g/mol. The molecule has 0 bridgehead atoms. The van der Waals surface area contributed by atoms with Gasteiger partial charge in [-0.15, -0.1) is 0 Å². The number of para-hydroxylation sites is 1. The van der Waals surface area contributed by atoms with E-state index in [0.717, 1.165) is 68.2 Å². The van der Waals surface area contributed by atoms with Gasteiger partial charge in [0.05, 0.1) is 13.2 Å². The van der Waals surface area contributed by atoms with Gasteiger partial charge < -0.3 is 15.0 Å². The van der Waals surface area contributed by atoms with Gasteiger partial charge in [-0.1, -0.05) is 41.9 Å². The molecule has 3 rings (SSSR count). The van der Waals surface area contributed by atoms with Crippen LogP contribution in [0.15, 0.2) is 54.6 Å². The lowest BCUT2D eigenvalue weighted by molar-refractivity contribution is 0.0368. The predicted octanol–water partition coefficient (Wildman–Crippen LogP) is 4.26. The minimum absolute atomic E-state index is 0.748. The van der Waals surface area contributed by atoms with Crippen molar-refractivity contribution in [2.24, 2.45) is 0 Å². The molecule has 2 aromatic rings. The molecule has 0 amide bonds. The molecule has 1 aliphatic rings. The van der Waals surface area contributed by atoms with E-state index in [9.17, 15) is 0 Å². The van der Waals surface area contributed by atoms with Crippen molar-refractivity contribution in [2.45, 2.75) is 13.0 Å². The second-order valence-electron chi connectivity index (χ2n) is 6.65. The Kier molecular flexibility index (Phi) is 7.90. The summed E-state index contributed by atoms with van der Waals surface area (Å²) in [6.07, 6.45) is 1.06. The summed E-state index contributed by atoms with van der Waals surface area (Å²) in [5.74, 6) is 0. The molecule has 2 aromatic carbocycles. The Labute approximate surface area is 172 Å². The minimum Gasteiger partial charge on any atom is -0.379 e. The van der Waals surface area contributed by atoms with Crippen molar-refractivity contribution in [3.05, 3.63) is 65.2 Å². The van der Waals surface area contributed by atoms with Crippen LogP contribution in [0.2, 0.25) is 5.02 Å². The second kappa shape index (κ2) is 10.6. The van der Waals surface area contributed by atoms with Crippen LogP contribution in [0.1, 0.15) is 12.0 Å². The first kappa shape index (κ1) is 20.1. The van der Waals surface area contributed by atoms with E-state index >= 15 is 0 Å². The monoisotopic (exact) mass is 403 g/mol. The van der Waals surface area contributed by atoms with Crippen molar-refractivity contribution in [1.29, 1.82) is 0 Å². The van der Waals surface area contributed by atoms with Gasteiger partial charge in [0, 0.05) is 43.4 Å². The molecule has 0 aromatic heterocycles. The summed E-state index contributed by atoms with van der Waals surface area (Å²) in [4.78, 5) is 4.68. The van der Waals surface area contributed by atoms with Crippen molar-refractivity contribution in [3.8, 4) is 0 Å². The van der Waals surface area contributed by atoms with Crippen LogP contribution < -0.4 is 5.32 Å². The maximum atomic E-state index is 6.02. The number of hydrogen-bond acceptors (Lipinski definition) is 3. The topological polar surface area (TPSA) is 27.7 Å². The maximum absolute atomic E-state index is 6.02. The molecule has 1 N–H and O–H groups in total. The Morgan fingerprint density at radius 2 is 1.78 bits per heavy atom. The lowest BCUT2D eigenvalue weighted by atomic mass is 10.2. The first-order valence-corrected chi connectivity index (χ1v) is 10.1. The average Bonchev–Trinajstić information content (AvgIpc) is 2.70. The Morgan fingerprint density at radius 1 is 1.07 bits per heavy atom. The van der Waals surface area contributed by atoms with E-state index in [1.807, 2.05) is 42.5 Å². The molecule has 0 aliphatic carbocycles. The van der Waals surface area contributed by atoms with Gasteiger partial charge in [0.2, 0.25) is 0 Å². The van der Waals surface area contributed by atoms with Crippen molar-refractivity contribution in [2.75, 3.05) is 44.7 Å². The van der Waals surface area contributed by atoms with Gasteiger partial charge >= 0.3 is 0 Å². The SMILES string of the molecule is S=C(Nc1ccccc1)N(CCCN1CCOCC1)Cc1ccc(Cl)cc1. The number of nitrogens with one attached hydrogen (secondary N) is 1. The predicted molar refractivity (Wildman–Crippen MR) is 116 cm³/mol. The van der Waals surface area contributed by atoms with Crippen molar-refractivity contribution < 1.29 is 4.74 Å². The highest BCUT2D eigenvalue weighted by molar-refractivity contribution is 7.80. The highest BCUT2D eigenvalue weighted by atomic mass is 35.5. The van der Waals surface area contributed by atoms with Crippen LogP contribution in [-0.4, -0.2) is 54.3 Å². The molecular weight excluding hydrogens is 378 g/mol. The zero-order chi connectivity index (χ0) is 18.9. The highest BCUT2D eigenvalue weighted by Gasteiger charge is 2.14. The summed E-state index contributed by atoms with van der Waals surface area (Å²) >= 11 is 11.7. The number of rotatable bonds is 7. The first-order valence-electron chi connectivity index (χ1n) is 9.36. The van der Waals surface area contributed by atoms with E-state index in [4.69, 9.17) is 28.6 Å². The van der Waals surface area contributed by atoms with E-state index in [1.54, 1.807) is 0 Å². The van der Waals surface area contributed by atoms with E-state index in [-0.39, 0.29) is 0 Å². The Bertz CT molecular complexity index is 705. The normalized spacial score (nSPS) is 14.7. The van der Waals surface area contributed by atoms with Crippen molar-refractivity contribution >= 4 is 34.6 Å². The quantitative estimate of drug-likeness (QED) is 0.697. The zero-order valence-corrected chi connectivity index (χ0v) is 17.0. The van der Waals surface area contributed by atoms with Gasteiger partial charge in [-0.25, -0.2) is 0 Å². The Morgan fingerprint density at radius 3 is 2.48 bits per heavy atom.